The van der Waals surface area contributed by atoms with Crippen LogP contribution in [0.3, 0.4) is 0 Å². The molecule has 6 unspecified atom stereocenters. The van der Waals surface area contributed by atoms with Crippen LogP contribution < -0.4 is 0 Å². The van der Waals surface area contributed by atoms with Crippen LogP contribution in [-0.4, -0.2) is 82.4 Å². The lowest BCUT2D eigenvalue weighted by atomic mass is 9.83. The first-order valence-corrected chi connectivity index (χ1v) is 12.9. The summed E-state index contributed by atoms with van der Waals surface area (Å²) in [5.41, 5.74) is 0. The molecule has 3 rings (SSSR count). The number of hydrogen-bond donors (Lipinski definition) is 1. The third-order valence-corrected chi connectivity index (χ3v) is 8.76. The molecule has 0 aromatic rings. The van der Waals surface area contributed by atoms with Gasteiger partial charge in [0.25, 0.3) is 0 Å². The standard InChI is InChI=1S/C20H34N2O4S2/c1-14-4-8-19-17(12-14)22(10-11-28(24,25)26)20(27-19)9-6-15-5-7-16(21(2)3)13-18(15)23/h6,9,14-19,23H,4-5,7-8,10-13H2,1-3H3/b9-6+. The zero-order chi connectivity index (χ0) is 20.5. The Hall–Kier alpha value is -0.410. The van der Waals surface area contributed by atoms with E-state index >= 15 is 0 Å². The molecule has 0 aromatic heterocycles. The molecule has 28 heavy (non-hydrogen) atoms. The Morgan fingerprint density at radius 2 is 2.00 bits per heavy atom. The fourth-order valence-corrected chi connectivity index (χ4v) is 6.76. The Kier molecular flexibility index (Phi) is 7.29. The topological polar surface area (TPSA) is 83.7 Å². The van der Waals surface area contributed by atoms with Gasteiger partial charge in [-0.25, -0.2) is 13.0 Å². The van der Waals surface area contributed by atoms with Crippen LogP contribution in [0.2, 0.25) is 0 Å². The number of aliphatic hydroxyl groups excluding tert-OH is 1. The molecule has 0 aromatic carbocycles. The van der Waals surface area contributed by atoms with Gasteiger partial charge >= 0.3 is 0 Å². The molecular formula is C20H34N2O4S2. The van der Waals surface area contributed by atoms with Crippen molar-refractivity contribution in [2.45, 2.75) is 68.9 Å². The summed E-state index contributed by atoms with van der Waals surface area (Å²) in [5.74, 6) is 0.412. The highest BCUT2D eigenvalue weighted by Crippen LogP contribution is 2.39. The van der Waals surface area contributed by atoms with Gasteiger partial charge in [0.15, 0.2) is 12.6 Å². The molecule has 1 aliphatic heterocycles. The van der Waals surface area contributed by atoms with Gasteiger partial charge in [0.05, 0.1) is 17.1 Å². The van der Waals surface area contributed by atoms with Gasteiger partial charge in [-0.3, -0.25) is 0 Å². The summed E-state index contributed by atoms with van der Waals surface area (Å²) in [6, 6.07) is 0.737. The molecule has 8 heteroatoms. The molecule has 1 N–H and O–H groups in total. The lowest BCUT2D eigenvalue weighted by Gasteiger charge is -2.35. The third kappa shape index (κ3) is 5.59. The number of hydrogen-bond acceptors (Lipinski definition) is 6. The van der Waals surface area contributed by atoms with E-state index < -0.39 is 10.1 Å². The Labute approximate surface area is 173 Å². The van der Waals surface area contributed by atoms with Gasteiger partial charge in [0.2, 0.25) is 5.04 Å². The van der Waals surface area contributed by atoms with Gasteiger partial charge in [-0.15, -0.1) is 0 Å². The molecule has 2 aliphatic carbocycles. The molecule has 6 nitrogen and oxygen atoms in total. The molecule has 6 atom stereocenters. The second-order valence-corrected chi connectivity index (χ2v) is 11.7. The number of aliphatic hydroxyl groups is 1. The largest absolute Gasteiger partial charge is 0.748 e. The fraction of sp³-hybridized carbons (Fsp3) is 0.850. The number of nitrogens with zero attached hydrogens (tertiary/aromatic N) is 2. The van der Waals surface area contributed by atoms with Gasteiger partial charge in [-0.1, -0.05) is 13.0 Å². The van der Waals surface area contributed by atoms with Crippen LogP contribution in [0.15, 0.2) is 12.2 Å². The maximum atomic E-state index is 11.2. The molecular weight excluding hydrogens is 396 g/mol. The third-order valence-electron chi connectivity index (χ3n) is 6.61. The van der Waals surface area contributed by atoms with Crippen molar-refractivity contribution in [3.05, 3.63) is 12.2 Å². The number of fused-ring (bicyclic) bond motifs is 1. The highest BCUT2D eigenvalue weighted by Gasteiger charge is 2.44. The summed E-state index contributed by atoms with van der Waals surface area (Å²) >= 11 is 1.82. The summed E-state index contributed by atoms with van der Waals surface area (Å²) in [5, 5.41) is 12.1. The van der Waals surface area contributed by atoms with E-state index in [1.807, 2.05) is 11.8 Å². The maximum absolute atomic E-state index is 11.2. The number of thioether (sulfide) groups is 1. The lowest BCUT2D eigenvalue weighted by molar-refractivity contribution is -0.558. The second-order valence-electron chi connectivity index (χ2n) is 8.96. The van der Waals surface area contributed by atoms with Gasteiger partial charge in [-0.2, -0.15) is 0 Å². The minimum Gasteiger partial charge on any atom is -0.748 e. The van der Waals surface area contributed by atoms with Crippen molar-refractivity contribution in [1.29, 1.82) is 0 Å². The minimum absolute atomic E-state index is 0.135. The zero-order valence-corrected chi connectivity index (χ0v) is 18.8. The molecule has 160 valence electrons. The zero-order valence-electron chi connectivity index (χ0n) is 17.2. The normalized spacial score (nSPS) is 37.1. The quantitative estimate of drug-likeness (QED) is 0.512. The summed E-state index contributed by atoms with van der Waals surface area (Å²) in [6.07, 6.45) is 10.0. The van der Waals surface area contributed by atoms with Crippen LogP contribution in [0, 0.1) is 11.8 Å². The van der Waals surface area contributed by atoms with Crippen molar-refractivity contribution in [3.8, 4) is 0 Å². The number of rotatable bonds is 6. The van der Waals surface area contributed by atoms with E-state index in [4.69, 9.17) is 0 Å². The average Bonchev–Trinajstić information content (AvgIpc) is 2.94. The molecule has 0 bridgehead atoms. The predicted octanol–water partition coefficient (Wildman–Crippen LogP) is 1.89. The smallest absolute Gasteiger partial charge is 0.235 e. The van der Waals surface area contributed by atoms with Crippen molar-refractivity contribution in [2.24, 2.45) is 11.8 Å². The van der Waals surface area contributed by atoms with E-state index in [2.05, 4.69) is 42.6 Å². The molecule has 3 aliphatic rings. The van der Waals surface area contributed by atoms with Gasteiger partial charge < -0.3 is 14.6 Å². The van der Waals surface area contributed by atoms with Crippen molar-refractivity contribution in [3.63, 3.8) is 0 Å². The van der Waals surface area contributed by atoms with E-state index in [0.717, 1.165) is 37.1 Å². The summed E-state index contributed by atoms with van der Waals surface area (Å²) in [6.45, 7) is 2.51. The van der Waals surface area contributed by atoms with Crippen LogP contribution >= 0.6 is 11.8 Å². The first-order valence-electron chi connectivity index (χ1n) is 10.4. The molecule has 1 heterocycles. The van der Waals surface area contributed by atoms with Crippen LogP contribution in [0.5, 0.6) is 0 Å². The monoisotopic (exact) mass is 430 g/mol. The van der Waals surface area contributed by atoms with E-state index in [1.54, 1.807) is 0 Å². The van der Waals surface area contributed by atoms with E-state index in [0.29, 0.717) is 23.3 Å². The Bertz CT molecular complexity index is 720. The SMILES string of the molecule is CC1CCC2SC(/C=C/C3CCC(N(C)C)CC3O)=[N+](CCS(=O)(=O)[O-])C2C1. The fourth-order valence-electron chi connectivity index (χ4n) is 4.84. The van der Waals surface area contributed by atoms with Crippen molar-refractivity contribution >= 4 is 26.9 Å². The molecule has 0 spiro atoms. The maximum Gasteiger partial charge on any atom is 0.235 e. The second kappa shape index (κ2) is 9.16. The van der Waals surface area contributed by atoms with Gasteiger partial charge in [-0.05, 0) is 63.9 Å². The van der Waals surface area contributed by atoms with Crippen LogP contribution in [0.1, 0.15) is 45.4 Å². The molecule has 2 saturated carbocycles. The van der Waals surface area contributed by atoms with E-state index in [-0.39, 0.29) is 24.3 Å². The van der Waals surface area contributed by atoms with Gasteiger partial charge in [0, 0.05) is 24.5 Å². The highest BCUT2D eigenvalue weighted by molar-refractivity contribution is 8.14. The van der Waals surface area contributed by atoms with Crippen LogP contribution in [0.4, 0.5) is 0 Å². The van der Waals surface area contributed by atoms with Gasteiger partial charge in [0.1, 0.15) is 10.1 Å². The highest BCUT2D eigenvalue weighted by atomic mass is 32.2. The van der Waals surface area contributed by atoms with Crippen molar-refractivity contribution in [1.82, 2.24) is 4.90 Å². The first-order chi connectivity index (χ1) is 13.1. The molecule has 2 fully saturated rings. The van der Waals surface area contributed by atoms with Crippen molar-refractivity contribution < 1.29 is 22.7 Å². The van der Waals surface area contributed by atoms with Crippen LogP contribution in [-0.2, 0) is 10.1 Å². The van der Waals surface area contributed by atoms with Crippen molar-refractivity contribution in [2.75, 3.05) is 26.4 Å². The molecule has 0 amide bonds. The Morgan fingerprint density at radius 3 is 2.64 bits per heavy atom. The van der Waals surface area contributed by atoms with E-state index in [1.165, 1.54) is 6.42 Å². The Balaban J connectivity index is 1.74. The first kappa shape index (κ1) is 22.3. The summed E-state index contributed by atoms with van der Waals surface area (Å²) in [7, 11) is -0.110. The molecule has 0 radical (unpaired) electrons. The lowest BCUT2D eigenvalue weighted by Crippen LogP contribution is -2.39. The molecule has 0 saturated heterocycles. The van der Waals surface area contributed by atoms with E-state index in [9.17, 15) is 18.1 Å². The summed E-state index contributed by atoms with van der Waals surface area (Å²) < 4.78 is 35.7. The Morgan fingerprint density at radius 1 is 1.25 bits per heavy atom. The summed E-state index contributed by atoms with van der Waals surface area (Å²) in [4.78, 5) is 2.18. The van der Waals surface area contributed by atoms with Crippen LogP contribution in [0.25, 0.3) is 0 Å². The minimum atomic E-state index is -4.23. The average molecular weight is 431 g/mol. The predicted molar refractivity (Wildman–Crippen MR) is 113 cm³/mol.